The molecular formula is C19H23N5O. The van der Waals surface area contributed by atoms with E-state index in [0.717, 1.165) is 30.0 Å². The minimum atomic E-state index is 0.132. The average Bonchev–Trinajstić information content (AvgIpc) is 2.82. The van der Waals surface area contributed by atoms with E-state index in [0.29, 0.717) is 25.6 Å². The van der Waals surface area contributed by atoms with Crippen molar-refractivity contribution >= 4 is 11.7 Å². The van der Waals surface area contributed by atoms with Gasteiger partial charge >= 0.3 is 0 Å². The molecule has 0 spiro atoms. The zero-order valence-electron chi connectivity index (χ0n) is 14.3. The van der Waals surface area contributed by atoms with Crippen molar-refractivity contribution in [1.29, 1.82) is 0 Å². The lowest BCUT2D eigenvalue weighted by Crippen LogP contribution is -2.34. The van der Waals surface area contributed by atoms with Crippen molar-refractivity contribution in [3.8, 4) is 0 Å². The third-order valence-electron chi connectivity index (χ3n) is 5.14. The standard InChI is InChI=1S/C19H23N5O/c25-18(12-15-4-1-2-9-20-15)24-10-7-16-17(8-11-24)21-13-22-19(16)23-14-5-3-6-14/h1-2,4,9,13-14H,3,5-8,10-12H2,(H,21,22,23). The van der Waals surface area contributed by atoms with Gasteiger partial charge < -0.3 is 10.2 Å². The maximum atomic E-state index is 12.6. The molecule has 1 saturated carbocycles. The smallest absolute Gasteiger partial charge is 0.228 e. The molecule has 0 radical (unpaired) electrons. The molecule has 1 fully saturated rings. The first-order valence-corrected chi connectivity index (χ1v) is 9.06. The van der Waals surface area contributed by atoms with E-state index in [1.165, 1.54) is 24.8 Å². The van der Waals surface area contributed by atoms with Crippen LogP contribution < -0.4 is 5.32 Å². The minimum absolute atomic E-state index is 0.132. The lowest BCUT2D eigenvalue weighted by Gasteiger charge is -2.28. The van der Waals surface area contributed by atoms with Crippen molar-refractivity contribution in [2.24, 2.45) is 0 Å². The zero-order chi connectivity index (χ0) is 17.1. The number of pyridine rings is 1. The van der Waals surface area contributed by atoms with Gasteiger partial charge in [0, 0.05) is 43.0 Å². The van der Waals surface area contributed by atoms with Crippen LogP contribution in [0.1, 0.15) is 36.2 Å². The van der Waals surface area contributed by atoms with Crippen molar-refractivity contribution in [2.75, 3.05) is 18.4 Å². The van der Waals surface area contributed by atoms with E-state index in [2.05, 4.69) is 20.3 Å². The van der Waals surface area contributed by atoms with E-state index < -0.39 is 0 Å². The Labute approximate surface area is 147 Å². The molecule has 2 aliphatic rings. The summed E-state index contributed by atoms with van der Waals surface area (Å²) in [5.41, 5.74) is 3.08. The van der Waals surface area contributed by atoms with Gasteiger partial charge in [0.15, 0.2) is 0 Å². The zero-order valence-corrected chi connectivity index (χ0v) is 14.3. The molecule has 130 valence electrons. The molecule has 2 aromatic rings. The number of hydrogen-bond donors (Lipinski definition) is 1. The highest BCUT2D eigenvalue weighted by Crippen LogP contribution is 2.26. The highest BCUT2D eigenvalue weighted by Gasteiger charge is 2.24. The maximum absolute atomic E-state index is 12.6. The van der Waals surface area contributed by atoms with Gasteiger partial charge in [-0.2, -0.15) is 0 Å². The Bertz CT molecular complexity index is 745. The molecule has 0 aromatic carbocycles. The summed E-state index contributed by atoms with van der Waals surface area (Å²) in [6.45, 7) is 1.42. The van der Waals surface area contributed by atoms with Gasteiger partial charge in [0.05, 0.1) is 12.1 Å². The third kappa shape index (κ3) is 3.62. The van der Waals surface area contributed by atoms with Crippen molar-refractivity contribution in [1.82, 2.24) is 19.9 Å². The molecule has 6 nitrogen and oxygen atoms in total. The van der Waals surface area contributed by atoms with Crippen molar-refractivity contribution in [3.05, 3.63) is 47.7 Å². The highest BCUT2D eigenvalue weighted by molar-refractivity contribution is 5.78. The summed E-state index contributed by atoms with van der Waals surface area (Å²) in [6, 6.07) is 6.23. The molecule has 1 N–H and O–H groups in total. The Morgan fingerprint density at radius 2 is 2.04 bits per heavy atom. The maximum Gasteiger partial charge on any atom is 0.228 e. The quantitative estimate of drug-likeness (QED) is 0.924. The number of hydrogen-bond acceptors (Lipinski definition) is 5. The lowest BCUT2D eigenvalue weighted by atomic mass is 9.93. The van der Waals surface area contributed by atoms with Crippen LogP contribution in [0.15, 0.2) is 30.7 Å². The van der Waals surface area contributed by atoms with E-state index in [4.69, 9.17) is 0 Å². The third-order valence-corrected chi connectivity index (χ3v) is 5.14. The first-order chi connectivity index (χ1) is 12.3. The number of nitrogens with one attached hydrogen (secondary N) is 1. The molecule has 0 bridgehead atoms. The highest BCUT2D eigenvalue weighted by atomic mass is 16.2. The Morgan fingerprint density at radius 1 is 1.16 bits per heavy atom. The van der Waals surface area contributed by atoms with Gasteiger partial charge in [0.25, 0.3) is 0 Å². The van der Waals surface area contributed by atoms with Gasteiger partial charge in [0.2, 0.25) is 5.91 Å². The summed E-state index contributed by atoms with van der Waals surface area (Å²) in [6.07, 6.45) is 9.04. The molecule has 1 aliphatic heterocycles. The number of fused-ring (bicyclic) bond motifs is 1. The lowest BCUT2D eigenvalue weighted by molar-refractivity contribution is -0.130. The molecule has 1 amide bonds. The van der Waals surface area contributed by atoms with Gasteiger partial charge in [-0.05, 0) is 37.8 Å². The summed E-state index contributed by atoms with van der Waals surface area (Å²) in [5, 5.41) is 3.55. The van der Waals surface area contributed by atoms with Crippen LogP contribution in [-0.2, 0) is 24.1 Å². The van der Waals surface area contributed by atoms with E-state index in [-0.39, 0.29) is 5.91 Å². The Balaban J connectivity index is 1.44. The number of carbonyl (C=O) groups excluding carboxylic acids is 1. The number of anilines is 1. The van der Waals surface area contributed by atoms with Crippen molar-refractivity contribution in [2.45, 2.75) is 44.6 Å². The van der Waals surface area contributed by atoms with Crippen LogP contribution in [0, 0.1) is 0 Å². The van der Waals surface area contributed by atoms with Crippen LogP contribution in [0.3, 0.4) is 0 Å². The van der Waals surface area contributed by atoms with Crippen LogP contribution >= 0.6 is 0 Å². The summed E-state index contributed by atoms with van der Waals surface area (Å²) < 4.78 is 0. The van der Waals surface area contributed by atoms with Crippen LogP contribution in [0.2, 0.25) is 0 Å². The summed E-state index contributed by atoms with van der Waals surface area (Å²) in [7, 11) is 0. The molecule has 0 atom stereocenters. The van der Waals surface area contributed by atoms with Crippen molar-refractivity contribution < 1.29 is 4.79 Å². The van der Waals surface area contributed by atoms with Gasteiger partial charge in [-0.25, -0.2) is 9.97 Å². The van der Waals surface area contributed by atoms with Gasteiger partial charge in [-0.1, -0.05) is 6.07 Å². The number of rotatable bonds is 4. The van der Waals surface area contributed by atoms with Crippen LogP contribution in [0.25, 0.3) is 0 Å². The summed E-state index contributed by atoms with van der Waals surface area (Å²) in [5.74, 6) is 1.10. The number of amides is 1. The SMILES string of the molecule is O=C(Cc1ccccn1)N1CCc2ncnc(NC3CCC3)c2CC1. The average molecular weight is 337 g/mol. The van der Waals surface area contributed by atoms with Crippen LogP contribution in [-0.4, -0.2) is 44.9 Å². The van der Waals surface area contributed by atoms with Gasteiger partial charge in [-0.3, -0.25) is 9.78 Å². The number of aromatic nitrogens is 3. The first-order valence-electron chi connectivity index (χ1n) is 9.06. The molecule has 1 aliphatic carbocycles. The number of carbonyl (C=O) groups is 1. The summed E-state index contributed by atoms with van der Waals surface area (Å²) >= 11 is 0. The molecule has 3 heterocycles. The van der Waals surface area contributed by atoms with E-state index >= 15 is 0 Å². The van der Waals surface area contributed by atoms with Crippen LogP contribution in [0.4, 0.5) is 5.82 Å². The minimum Gasteiger partial charge on any atom is -0.367 e. The Morgan fingerprint density at radius 3 is 2.80 bits per heavy atom. The van der Waals surface area contributed by atoms with Crippen LogP contribution in [0.5, 0.6) is 0 Å². The fraction of sp³-hybridized carbons (Fsp3) is 0.474. The molecule has 6 heteroatoms. The fourth-order valence-corrected chi connectivity index (χ4v) is 3.42. The molecular weight excluding hydrogens is 314 g/mol. The summed E-state index contributed by atoms with van der Waals surface area (Å²) in [4.78, 5) is 27.7. The molecule has 0 saturated heterocycles. The topological polar surface area (TPSA) is 71.0 Å². The predicted molar refractivity (Wildman–Crippen MR) is 95.2 cm³/mol. The second-order valence-corrected chi connectivity index (χ2v) is 6.80. The van der Waals surface area contributed by atoms with E-state index in [1.807, 2.05) is 23.1 Å². The number of nitrogens with zero attached hydrogens (tertiary/aromatic N) is 4. The monoisotopic (exact) mass is 337 g/mol. The molecule has 2 aromatic heterocycles. The second-order valence-electron chi connectivity index (χ2n) is 6.80. The second kappa shape index (κ2) is 7.17. The normalized spacial score (nSPS) is 17.4. The van der Waals surface area contributed by atoms with Gasteiger partial charge in [-0.15, -0.1) is 0 Å². The Kier molecular flexibility index (Phi) is 4.59. The molecule has 4 rings (SSSR count). The fourth-order valence-electron chi connectivity index (χ4n) is 3.42. The Hall–Kier alpha value is -2.50. The van der Waals surface area contributed by atoms with E-state index in [9.17, 15) is 4.79 Å². The molecule has 25 heavy (non-hydrogen) atoms. The molecule has 0 unspecified atom stereocenters. The van der Waals surface area contributed by atoms with Gasteiger partial charge in [0.1, 0.15) is 12.1 Å². The van der Waals surface area contributed by atoms with Crippen molar-refractivity contribution in [3.63, 3.8) is 0 Å². The van der Waals surface area contributed by atoms with E-state index in [1.54, 1.807) is 12.5 Å². The predicted octanol–water partition coefficient (Wildman–Crippen LogP) is 2.01. The largest absolute Gasteiger partial charge is 0.367 e. The first kappa shape index (κ1) is 16.0.